The zero-order chi connectivity index (χ0) is 13.0. The molecule has 94 valence electrons. The van der Waals surface area contributed by atoms with Gasteiger partial charge in [-0.3, -0.25) is 9.59 Å². The second kappa shape index (κ2) is 5.30. The minimum Gasteiger partial charge on any atom is -0.469 e. The molecule has 1 unspecified atom stereocenters. The molecule has 0 fully saturated rings. The first-order chi connectivity index (χ1) is 7.19. The van der Waals surface area contributed by atoms with E-state index >= 15 is 0 Å². The first-order valence-electron chi connectivity index (χ1n) is 5.13. The lowest BCUT2D eigenvalue weighted by atomic mass is 9.71. The number of esters is 2. The number of methoxy groups -OCH3 is 2. The van der Waals surface area contributed by atoms with Crippen LogP contribution in [0.3, 0.4) is 0 Å². The molecule has 0 aliphatic heterocycles. The Morgan fingerprint density at radius 2 is 1.62 bits per heavy atom. The van der Waals surface area contributed by atoms with Gasteiger partial charge in [-0.1, -0.05) is 20.8 Å². The highest BCUT2D eigenvalue weighted by Gasteiger charge is 2.46. The molecule has 2 N–H and O–H groups in total. The van der Waals surface area contributed by atoms with Crippen molar-refractivity contribution in [2.75, 3.05) is 14.2 Å². The van der Waals surface area contributed by atoms with Crippen LogP contribution in [0, 0.1) is 5.41 Å². The molecule has 0 saturated heterocycles. The molecule has 0 spiro atoms. The maximum absolute atomic E-state index is 11.7. The minimum absolute atomic E-state index is 0.0966. The Bertz CT molecular complexity index is 270. The summed E-state index contributed by atoms with van der Waals surface area (Å²) < 4.78 is 9.22. The van der Waals surface area contributed by atoms with Crippen LogP contribution in [0.15, 0.2) is 0 Å². The van der Waals surface area contributed by atoms with Gasteiger partial charge in [0, 0.05) is 6.42 Å². The van der Waals surface area contributed by atoms with E-state index in [9.17, 15) is 9.59 Å². The third-order valence-electron chi connectivity index (χ3n) is 2.84. The van der Waals surface area contributed by atoms with Crippen molar-refractivity contribution in [3.63, 3.8) is 0 Å². The number of carbonyl (C=O) groups excluding carboxylic acids is 2. The molecule has 0 aliphatic rings. The largest absolute Gasteiger partial charge is 0.469 e. The van der Waals surface area contributed by atoms with Crippen molar-refractivity contribution in [3.8, 4) is 0 Å². The second-order valence-corrected chi connectivity index (χ2v) is 4.79. The van der Waals surface area contributed by atoms with E-state index < -0.39 is 16.9 Å². The average Bonchev–Trinajstić information content (AvgIpc) is 2.22. The van der Waals surface area contributed by atoms with Crippen molar-refractivity contribution in [2.45, 2.75) is 39.2 Å². The van der Waals surface area contributed by atoms with Gasteiger partial charge >= 0.3 is 11.9 Å². The van der Waals surface area contributed by atoms with Crippen molar-refractivity contribution < 1.29 is 19.1 Å². The van der Waals surface area contributed by atoms with Crippen LogP contribution in [-0.4, -0.2) is 31.7 Å². The number of ether oxygens (including phenoxy) is 2. The second-order valence-electron chi connectivity index (χ2n) is 4.79. The molecule has 0 aliphatic carbocycles. The van der Waals surface area contributed by atoms with Crippen molar-refractivity contribution in [1.82, 2.24) is 0 Å². The van der Waals surface area contributed by atoms with Crippen LogP contribution in [0.25, 0.3) is 0 Å². The summed E-state index contributed by atoms with van der Waals surface area (Å²) in [6.45, 7) is 5.50. The molecule has 1 atom stereocenters. The quantitative estimate of drug-likeness (QED) is 0.726. The van der Waals surface area contributed by atoms with Crippen molar-refractivity contribution in [2.24, 2.45) is 11.1 Å². The highest BCUT2D eigenvalue weighted by molar-refractivity contribution is 5.82. The molecular formula is C11H21NO4. The Kier molecular flexibility index (Phi) is 4.93. The molecule has 0 heterocycles. The molecule has 0 bridgehead atoms. The molecule has 0 aromatic rings. The Morgan fingerprint density at radius 1 is 1.12 bits per heavy atom. The van der Waals surface area contributed by atoms with Gasteiger partial charge in [0.15, 0.2) is 0 Å². The number of rotatable bonds is 4. The summed E-state index contributed by atoms with van der Waals surface area (Å²) in [6, 6.07) is 0. The average molecular weight is 231 g/mol. The molecule has 16 heavy (non-hydrogen) atoms. The summed E-state index contributed by atoms with van der Waals surface area (Å²) in [5.74, 6) is -0.896. The summed E-state index contributed by atoms with van der Waals surface area (Å²) in [5.41, 5.74) is 4.37. The summed E-state index contributed by atoms with van der Waals surface area (Å²) >= 11 is 0. The van der Waals surface area contributed by atoms with Gasteiger partial charge in [-0.05, 0) is 11.8 Å². The van der Waals surface area contributed by atoms with Crippen LogP contribution < -0.4 is 5.73 Å². The van der Waals surface area contributed by atoms with Crippen molar-refractivity contribution in [1.29, 1.82) is 0 Å². The van der Waals surface area contributed by atoms with Crippen molar-refractivity contribution >= 4 is 11.9 Å². The highest BCUT2D eigenvalue weighted by atomic mass is 16.5. The molecule has 0 amide bonds. The van der Waals surface area contributed by atoms with Crippen molar-refractivity contribution in [3.05, 3.63) is 0 Å². The lowest BCUT2D eigenvalue weighted by Gasteiger charge is -2.38. The van der Waals surface area contributed by atoms with Gasteiger partial charge in [0.2, 0.25) is 0 Å². The van der Waals surface area contributed by atoms with E-state index in [1.54, 1.807) is 0 Å². The molecule has 0 saturated carbocycles. The van der Waals surface area contributed by atoms with Gasteiger partial charge in [0.1, 0.15) is 5.54 Å². The summed E-state index contributed by atoms with van der Waals surface area (Å²) in [5, 5.41) is 0. The minimum atomic E-state index is -1.18. The molecular weight excluding hydrogens is 210 g/mol. The third-order valence-corrected chi connectivity index (χ3v) is 2.84. The lowest BCUT2D eigenvalue weighted by Crippen LogP contribution is -2.58. The predicted octanol–water partition coefficient (Wildman–Crippen LogP) is 0.856. The van der Waals surface area contributed by atoms with Gasteiger partial charge in [-0.2, -0.15) is 0 Å². The topological polar surface area (TPSA) is 78.6 Å². The fourth-order valence-corrected chi connectivity index (χ4v) is 1.37. The molecule has 5 nitrogen and oxygen atoms in total. The zero-order valence-electron chi connectivity index (χ0n) is 10.6. The third kappa shape index (κ3) is 3.20. The maximum Gasteiger partial charge on any atom is 0.326 e. The van der Waals surface area contributed by atoms with E-state index in [2.05, 4.69) is 4.74 Å². The van der Waals surface area contributed by atoms with Crippen LogP contribution in [0.1, 0.15) is 33.6 Å². The standard InChI is InChI=1S/C11H21NO4/c1-10(2,3)11(12,9(14)16-5)7-6-8(13)15-4/h6-7,12H2,1-5H3. The maximum atomic E-state index is 11.7. The number of carbonyl (C=O) groups is 2. The van der Waals surface area contributed by atoms with E-state index in [0.29, 0.717) is 0 Å². The molecule has 0 radical (unpaired) electrons. The Morgan fingerprint density at radius 3 is 1.94 bits per heavy atom. The van der Waals surface area contributed by atoms with Crippen LogP contribution in [-0.2, 0) is 19.1 Å². The Balaban J connectivity index is 4.83. The first kappa shape index (κ1) is 14.9. The molecule has 0 rings (SSSR count). The van der Waals surface area contributed by atoms with Gasteiger partial charge < -0.3 is 15.2 Å². The number of hydrogen-bond acceptors (Lipinski definition) is 5. The Labute approximate surface area is 96.3 Å². The SMILES string of the molecule is COC(=O)CCC(N)(C(=O)OC)C(C)(C)C. The van der Waals surface area contributed by atoms with Gasteiger partial charge in [0.05, 0.1) is 14.2 Å². The molecule has 5 heteroatoms. The van der Waals surface area contributed by atoms with E-state index in [1.807, 2.05) is 20.8 Å². The van der Waals surface area contributed by atoms with Crippen LogP contribution in [0.5, 0.6) is 0 Å². The van der Waals surface area contributed by atoms with E-state index in [0.717, 1.165) is 0 Å². The summed E-state index contributed by atoms with van der Waals surface area (Å²) in [7, 11) is 2.59. The highest BCUT2D eigenvalue weighted by Crippen LogP contribution is 2.33. The number of hydrogen-bond donors (Lipinski definition) is 1. The van der Waals surface area contributed by atoms with Crippen LogP contribution >= 0.6 is 0 Å². The lowest BCUT2D eigenvalue weighted by molar-refractivity contribution is -0.153. The van der Waals surface area contributed by atoms with Gasteiger partial charge in [0.25, 0.3) is 0 Å². The van der Waals surface area contributed by atoms with Gasteiger partial charge in [-0.15, -0.1) is 0 Å². The van der Waals surface area contributed by atoms with Crippen LogP contribution in [0.4, 0.5) is 0 Å². The van der Waals surface area contributed by atoms with E-state index in [-0.39, 0.29) is 18.8 Å². The predicted molar refractivity (Wildman–Crippen MR) is 59.6 cm³/mol. The Hall–Kier alpha value is -1.10. The summed E-state index contributed by atoms with van der Waals surface area (Å²) in [4.78, 5) is 22.7. The van der Waals surface area contributed by atoms with Gasteiger partial charge in [-0.25, -0.2) is 0 Å². The molecule has 0 aromatic carbocycles. The van der Waals surface area contributed by atoms with E-state index in [4.69, 9.17) is 10.5 Å². The molecule has 0 aromatic heterocycles. The summed E-state index contributed by atoms with van der Waals surface area (Å²) in [6.07, 6.45) is 0.301. The zero-order valence-corrected chi connectivity index (χ0v) is 10.6. The van der Waals surface area contributed by atoms with Crippen LogP contribution in [0.2, 0.25) is 0 Å². The first-order valence-corrected chi connectivity index (χ1v) is 5.13. The van der Waals surface area contributed by atoms with E-state index in [1.165, 1.54) is 14.2 Å². The smallest absolute Gasteiger partial charge is 0.326 e. The number of nitrogens with two attached hydrogens (primary N) is 1. The normalized spacial score (nSPS) is 15.1. The fourth-order valence-electron chi connectivity index (χ4n) is 1.37. The fraction of sp³-hybridized carbons (Fsp3) is 0.818. The monoisotopic (exact) mass is 231 g/mol.